The zero-order valence-electron chi connectivity index (χ0n) is 27.3. The fraction of sp³-hybridized carbons (Fsp3) is 0.235. The van der Waals surface area contributed by atoms with E-state index < -0.39 is 29.2 Å². The Kier molecular flexibility index (Phi) is 9.00. The first-order valence-electron chi connectivity index (χ1n) is 15.4. The number of rotatable bonds is 10. The number of oxazole rings is 1. The molecule has 0 saturated carbocycles. The SMILES string of the molecule is Cc1cc(C[NH+](C)Cc2cnc([C@H](C)NC(=O)c3c(-c4ccnn4-c4ccc(C#N)cc4)n(C)n(-c4cccc(C(F)(F)F)c4)c3=O)o2)no1. The summed E-state index contributed by atoms with van der Waals surface area (Å²) >= 11 is 0. The van der Waals surface area contributed by atoms with Crippen molar-refractivity contribution in [3.05, 3.63) is 123 Å². The summed E-state index contributed by atoms with van der Waals surface area (Å²) in [4.78, 5) is 33.5. The highest BCUT2D eigenvalue weighted by molar-refractivity contribution is 6.00. The number of nitrogens with one attached hydrogen (secondary N) is 2. The van der Waals surface area contributed by atoms with E-state index >= 15 is 0 Å². The zero-order valence-corrected chi connectivity index (χ0v) is 27.3. The van der Waals surface area contributed by atoms with Crippen LogP contribution in [0.5, 0.6) is 0 Å². The van der Waals surface area contributed by atoms with Crippen LogP contribution in [-0.4, -0.2) is 42.2 Å². The van der Waals surface area contributed by atoms with Crippen LogP contribution in [0, 0.1) is 18.3 Å². The van der Waals surface area contributed by atoms with Crippen LogP contribution in [0.1, 0.15) is 57.6 Å². The lowest BCUT2D eigenvalue weighted by atomic mass is 10.1. The summed E-state index contributed by atoms with van der Waals surface area (Å²) in [5.74, 6) is 0.644. The predicted molar refractivity (Wildman–Crippen MR) is 171 cm³/mol. The largest absolute Gasteiger partial charge is 0.437 e. The number of carbonyl (C=O) groups is 1. The monoisotopic (exact) mass is 686 g/mol. The van der Waals surface area contributed by atoms with Crippen LogP contribution in [0.4, 0.5) is 13.2 Å². The standard InChI is InChI=1S/C34H30F3N9O4/c1-20-14-24(42-50-20)18-43(3)19-27-17-39-32(49-27)21(2)41-31(47)29-30(28-12-13-40-45(28)25-10-8-22(16-38)9-11-25)44(4)46(33(29)48)26-7-5-6-23(15-26)34(35,36)37/h5-15,17,21H,18-19H2,1-4H3,(H,41,47)/p+1/t21-/m0/s1. The van der Waals surface area contributed by atoms with E-state index in [1.54, 1.807) is 43.5 Å². The summed E-state index contributed by atoms with van der Waals surface area (Å²) in [6.07, 6.45) is -1.65. The van der Waals surface area contributed by atoms with Gasteiger partial charge in [-0.2, -0.15) is 23.5 Å². The van der Waals surface area contributed by atoms with Crippen molar-refractivity contribution in [1.29, 1.82) is 5.26 Å². The molecule has 256 valence electrons. The Balaban J connectivity index is 1.36. The molecule has 1 unspecified atom stereocenters. The molecule has 2 N–H and O–H groups in total. The van der Waals surface area contributed by atoms with Crippen molar-refractivity contribution in [3.63, 3.8) is 0 Å². The number of carbonyl (C=O) groups excluding carboxylic acids is 1. The Morgan fingerprint density at radius 1 is 1.10 bits per heavy atom. The van der Waals surface area contributed by atoms with E-state index in [1.165, 1.54) is 34.7 Å². The van der Waals surface area contributed by atoms with Crippen LogP contribution in [0.15, 0.2) is 86.8 Å². The second kappa shape index (κ2) is 13.4. The summed E-state index contributed by atoms with van der Waals surface area (Å²) in [6.45, 7) is 4.49. The summed E-state index contributed by atoms with van der Waals surface area (Å²) in [6, 6.07) is 15.4. The molecular weight excluding hydrogens is 655 g/mol. The minimum atomic E-state index is -4.67. The van der Waals surface area contributed by atoms with Crippen molar-refractivity contribution in [1.82, 2.24) is 34.6 Å². The molecule has 2 aromatic carbocycles. The minimum Gasteiger partial charge on any atom is -0.437 e. The topological polar surface area (TPSA) is 154 Å². The molecule has 4 aromatic heterocycles. The number of amides is 1. The van der Waals surface area contributed by atoms with Gasteiger partial charge in [-0.15, -0.1) is 0 Å². The second-order valence-corrected chi connectivity index (χ2v) is 11.8. The van der Waals surface area contributed by atoms with Crippen molar-refractivity contribution < 1.29 is 31.8 Å². The van der Waals surface area contributed by atoms with Gasteiger partial charge in [0.05, 0.1) is 53.7 Å². The van der Waals surface area contributed by atoms with Crippen molar-refractivity contribution >= 4 is 5.91 Å². The number of benzene rings is 2. The second-order valence-electron chi connectivity index (χ2n) is 11.8. The lowest BCUT2D eigenvalue weighted by molar-refractivity contribution is -0.909. The van der Waals surface area contributed by atoms with Crippen LogP contribution in [0.2, 0.25) is 0 Å². The molecule has 50 heavy (non-hydrogen) atoms. The van der Waals surface area contributed by atoms with Gasteiger partial charge in [0, 0.05) is 13.1 Å². The number of nitrogens with zero attached hydrogens (tertiary/aromatic N) is 7. The normalized spacial score (nSPS) is 12.8. The molecule has 13 nitrogen and oxygen atoms in total. The fourth-order valence-corrected chi connectivity index (χ4v) is 5.68. The van der Waals surface area contributed by atoms with Crippen LogP contribution >= 0.6 is 0 Å². The van der Waals surface area contributed by atoms with Gasteiger partial charge in [0.25, 0.3) is 11.5 Å². The summed E-state index contributed by atoms with van der Waals surface area (Å²) in [5.41, 5.74) is -0.176. The summed E-state index contributed by atoms with van der Waals surface area (Å²) < 4.78 is 55.9. The van der Waals surface area contributed by atoms with E-state index in [4.69, 9.17) is 8.94 Å². The molecule has 2 atom stereocenters. The van der Waals surface area contributed by atoms with E-state index in [-0.39, 0.29) is 22.8 Å². The third-order valence-electron chi connectivity index (χ3n) is 7.96. The highest BCUT2D eigenvalue weighted by Gasteiger charge is 2.33. The zero-order chi connectivity index (χ0) is 35.7. The van der Waals surface area contributed by atoms with Gasteiger partial charge in [-0.05, 0) is 62.4 Å². The van der Waals surface area contributed by atoms with Crippen molar-refractivity contribution in [2.75, 3.05) is 7.05 Å². The van der Waals surface area contributed by atoms with E-state index in [0.29, 0.717) is 41.6 Å². The Hall–Kier alpha value is -6.21. The molecule has 6 aromatic rings. The van der Waals surface area contributed by atoms with E-state index in [9.17, 15) is 28.0 Å². The molecule has 4 heterocycles. The van der Waals surface area contributed by atoms with Gasteiger partial charge in [0.15, 0.2) is 5.76 Å². The Labute approximate surface area is 282 Å². The van der Waals surface area contributed by atoms with Gasteiger partial charge in [0.2, 0.25) is 5.89 Å². The molecule has 0 spiro atoms. The maximum absolute atomic E-state index is 14.1. The molecule has 0 aliphatic rings. The number of alkyl halides is 3. The van der Waals surface area contributed by atoms with Crippen molar-refractivity contribution in [2.24, 2.45) is 7.05 Å². The third-order valence-corrected chi connectivity index (χ3v) is 7.96. The van der Waals surface area contributed by atoms with Crippen LogP contribution in [0.25, 0.3) is 22.8 Å². The number of hydrogen-bond donors (Lipinski definition) is 2. The number of aryl methyl sites for hydroxylation is 1. The van der Waals surface area contributed by atoms with Gasteiger partial charge in [-0.1, -0.05) is 11.2 Å². The summed E-state index contributed by atoms with van der Waals surface area (Å²) in [7, 11) is 3.42. The quantitative estimate of drug-likeness (QED) is 0.220. The van der Waals surface area contributed by atoms with Gasteiger partial charge < -0.3 is 19.2 Å². The Morgan fingerprint density at radius 2 is 1.86 bits per heavy atom. The molecule has 0 aliphatic carbocycles. The first-order valence-corrected chi connectivity index (χ1v) is 15.4. The molecule has 1 amide bonds. The van der Waals surface area contributed by atoms with Gasteiger partial charge in [-0.3, -0.25) is 14.3 Å². The van der Waals surface area contributed by atoms with Crippen molar-refractivity contribution in [2.45, 2.75) is 39.2 Å². The molecule has 6 rings (SSSR count). The minimum absolute atomic E-state index is 0.0837. The predicted octanol–water partition coefficient (Wildman–Crippen LogP) is 3.91. The van der Waals surface area contributed by atoms with Gasteiger partial charge in [0.1, 0.15) is 41.8 Å². The van der Waals surface area contributed by atoms with E-state index in [1.807, 2.05) is 26.1 Å². The fourth-order valence-electron chi connectivity index (χ4n) is 5.68. The molecular formula is C34H31F3N9O4+. The number of aromatic nitrogens is 6. The maximum atomic E-state index is 14.1. The molecule has 0 saturated heterocycles. The number of halogens is 3. The lowest BCUT2D eigenvalue weighted by Gasteiger charge is -2.14. The van der Waals surface area contributed by atoms with Gasteiger partial charge >= 0.3 is 6.18 Å². The molecule has 0 radical (unpaired) electrons. The smallest absolute Gasteiger partial charge is 0.416 e. The molecule has 16 heteroatoms. The average Bonchev–Trinajstić information content (AvgIpc) is 3.88. The number of nitriles is 1. The highest BCUT2D eigenvalue weighted by Crippen LogP contribution is 2.31. The molecule has 0 bridgehead atoms. The molecule has 0 aliphatic heterocycles. The van der Waals surface area contributed by atoms with Crippen molar-refractivity contribution in [3.8, 4) is 28.8 Å². The number of hydrogen-bond acceptors (Lipinski definition) is 8. The lowest BCUT2D eigenvalue weighted by Crippen LogP contribution is -3.06. The number of quaternary nitrogens is 1. The van der Waals surface area contributed by atoms with E-state index in [2.05, 4.69) is 20.6 Å². The maximum Gasteiger partial charge on any atom is 0.416 e. The third kappa shape index (κ3) is 6.71. The molecule has 0 fully saturated rings. The van der Waals surface area contributed by atoms with E-state index in [0.717, 1.165) is 27.4 Å². The van der Waals surface area contributed by atoms with Crippen LogP contribution in [0.3, 0.4) is 0 Å². The first-order chi connectivity index (χ1) is 23.8. The Morgan fingerprint density at radius 3 is 2.54 bits per heavy atom. The summed E-state index contributed by atoms with van der Waals surface area (Å²) in [5, 5.41) is 20.4. The Bertz CT molecular complexity index is 2270. The van der Waals surface area contributed by atoms with Crippen LogP contribution in [-0.2, 0) is 26.3 Å². The van der Waals surface area contributed by atoms with Crippen LogP contribution < -0.4 is 15.8 Å². The highest BCUT2D eigenvalue weighted by atomic mass is 19.4. The first kappa shape index (κ1) is 33.7. The average molecular weight is 687 g/mol. The van der Waals surface area contributed by atoms with Gasteiger partial charge in [-0.25, -0.2) is 14.3 Å².